The van der Waals surface area contributed by atoms with Crippen molar-refractivity contribution in [1.29, 1.82) is 0 Å². The van der Waals surface area contributed by atoms with Crippen molar-refractivity contribution in [2.75, 3.05) is 26.2 Å². The molecule has 0 aromatic rings. The molecule has 2 atom stereocenters. The Balaban J connectivity index is 2.21. The van der Waals surface area contributed by atoms with Crippen LogP contribution in [0.4, 0.5) is 0 Å². The van der Waals surface area contributed by atoms with Crippen molar-refractivity contribution in [2.45, 2.75) is 58.6 Å². The van der Waals surface area contributed by atoms with Crippen molar-refractivity contribution in [1.82, 2.24) is 10.2 Å². The smallest absolute Gasteiger partial charge is 0.0791 e. The lowest BCUT2D eigenvalue weighted by molar-refractivity contribution is 0.110. The zero-order valence-electron chi connectivity index (χ0n) is 11.8. The van der Waals surface area contributed by atoms with E-state index in [2.05, 4.69) is 31.0 Å². The molecule has 2 unspecified atom stereocenters. The lowest BCUT2D eigenvalue weighted by Crippen LogP contribution is -2.40. The number of rotatable bonds is 6. The summed E-state index contributed by atoms with van der Waals surface area (Å²) in [6.45, 7) is 10.4. The molecular weight excluding hydrogens is 212 g/mol. The summed E-state index contributed by atoms with van der Waals surface area (Å²) in [5.41, 5.74) is 0. The maximum Gasteiger partial charge on any atom is 0.0791 e. The first-order valence-corrected chi connectivity index (χ1v) is 7.25. The van der Waals surface area contributed by atoms with Crippen LogP contribution in [-0.2, 0) is 0 Å². The first-order chi connectivity index (χ1) is 8.11. The van der Waals surface area contributed by atoms with E-state index in [-0.39, 0.29) is 6.10 Å². The van der Waals surface area contributed by atoms with Gasteiger partial charge in [0, 0.05) is 19.1 Å². The van der Waals surface area contributed by atoms with Crippen LogP contribution < -0.4 is 5.32 Å². The molecule has 1 aliphatic heterocycles. The van der Waals surface area contributed by atoms with Gasteiger partial charge in [-0.3, -0.25) is 0 Å². The maximum absolute atomic E-state index is 9.96. The second-order valence-electron chi connectivity index (χ2n) is 5.72. The molecule has 3 heteroatoms. The second-order valence-corrected chi connectivity index (χ2v) is 5.72. The molecule has 0 aromatic heterocycles. The third-order valence-corrected chi connectivity index (χ3v) is 3.75. The zero-order valence-corrected chi connectivity index (χ0v) is 11.8. The van der Waals surface area contributed by atoms with Crippen LogP contribution in [-0.4, -0.2) is 48.3 Å². The minimum absolute atomic E-state index is 0.226. The molecule has 1 heterocycles. The number of hydrogen-bond acceptors (Lipinski definition) is 3. The predicted molar refractivity (Wildman–Crippen MR) is 73.2 cm³/mol. The molecule has 1 saturated heterocycles. The van der Waals surface area contributed by atoms with Gasteiger partial charge in [-0.05, 0) is 38.3 Å². The Kier molecular flexibility index (Phi) is 7.09. The molecule has 2 N–H and O–H groups in total. The van der Waals surface area contributed by atoms with Crippen LogP contribution in [0.2, 0.25) is 0 Å². The number of nitrogens with one attached hydrogen (secondary N) is 1. The average Bonchev–Trinajstić information content (AvgIpc) is 2.51. The van der Waals surface area contributed by atoms with Crippen LogP contribution in [0.3, 0.4) is 0 Å². The first kappa shape index (κ1) is 14.9. The highest BCUT2D eigenvalue weighted by molar-refractivity contribution is 4.73. The molecule has 3 nitrogen and oxygen atoms in total. The molecule has 0 spiro atoms. The van der Waals surface area contributed by atoms with Gasteiger partial charge < -0.3 is 15.3 Å². The number of aliphatic hydroxyl groups excluding tert-OH is 1. The van der Waals surface area contributed by atoms with Gasteiger partial charge in [0.15, 0.2) is 0 Å². The Bertz CT molecular complexity index is 197. The molecule has 1 fully saturated rings. The molecule has 17 heavy (non-hydrogen) atoms. The fraction of sp³-hybridized carbons (Fsp3) is 1.00. The third-order valence-electron chi connectivity index (χ3n) is 3.75. The number of nitrogens with zero attached hydrogens (tertiary/aromatic N) is 1. The highest BCUT2D eigenvalue weighted by Crippen LogP contribution is 2.20. The van der Waals surface area contributed by atoms with Gasteiger partial charge in [0.1, 0.15) is 0 Å². The Labute approximate surface area is 107 Å². The highest BCUT2D eigenvalue weighted by Gasteiger charge is 2.17. The van der Waals surface area contributed by atoms with Gasteiger partial charge in [0.05, 0.1) is 6.10 Å². The zero-order chi connectivity index (χ0) is 12.7. The van der Waals surface area contributed by atoms with Crippen molar-refractivity contribution in [3.8, 4) is 0 Å². The van der Waals surface area contributed by atoms with Crippen molar-refractivity contribution >= 4 is 0 Å². The lowest BCUT2D eigenvalue weighted by atomic mass is 9.98. The van der Waals surface area contributed by atoms with E-state index in [1.807, 2.05) is 0 Å². The molecule has 0 bridgehead atoms. The van der Waals surface area contributed by atoms with E-state index in [0.29, 0.717) is 12.6 Å². The van der Waals surface area contributed by atoms with Gasteiger partial charge in [-0.25, -0.2) is 0 Å². The minimum atomic E-state index is -0.226. The Morgan fingerprint density at radius 2 is 2.06 bits per heavy atom. The van der Waals surface area contributed by atoms with Gasteiger partial charge in [0.25, 0.3) is 0 Å². The second kappa shape index (κ2) is 8.06. The molecule has 0 aliphatic carbocycles. The summed E-state index contributed by atoms with van der Waals surface area (Å²) < 4.78 is 0. The molecular formula is C14H30N2O. The fourth-order valence-corrected chi connectivity index (χ4v) is 2.55. The van der Waals surface area contributed by atoms with Crippen molar-refractivity contribution < 1.29 is 5.11 Å². The fourth-order valence-electron chi connectivity index (χ4n) is 2.55. The summed E-state index contributed by atoms with van der Waals surface area (Å²) in [6.07, 6.45) is 5.05. The van der Waals surface area contributed by atoms with Gasteiger partial charge in [0.2, 0.25) is 0 Å². The van der Waals surface area contributed by atoms with Crippen LogP contribution >= 0.6 is 0 Å². The summed E-state index contributed by atoms with van der Waals surface area (Å²) in [5.74, 6) is 0.908. The van der Waals surface area contributed by atoms with E-state index in [1.165, 1.54) is 25.7 Å². The van der Waals surface area contributed by atoms with Crippen LogP contribution in [0.1, 0.15) is 46.5 Å². The summed E-state index contributed by atoms with van der Waals surface area (Å²) in [4.78, 5) is 2.43. The molecule has 1 aliphatic rings. The quantitative estimate of drug-likeness (QED) is 0.746. The van der Waals surface area contributed by atoms with Crippen molar-refractivity contribution in [2.24, 2.45) is 5.92 Å². The molecule has 0 saturated carbocycles. The third kappa shape index (κ3) is 6.39. The molecule has 1 rings (SSSR count). The van der Waals surface area contributed by atoms with Crippen LogP contribution in [0.15, 0.2) is 0 Å². The first-order valence-electron chi connectivity index (χ1n) is 7.25. The average molecular weight is 242 g/mol. The normalized spacial score (nSPS) is 24.9. The van der Waals surface area contributed by atoms with Crippen LogP contribution in [0, 0.1) is 5.92 Å². The van der Waals surface area contributed by atoms with E-state index in [0.717, 1.165) is 25.6 Å². The SMILES string of the molecule is CCC1CCCN(CC(O)CNC(C)C)CC1. The van der Waals surface area contributed by atoms with E-state index >= 15 is 0 Å². The number of β-amino-alcohol motifs (C(OH)–C–C–N with tert-alkyl or cyclic N) is 1. The Hall–Kier alpha value is -0.120. The molecule has 0 amide bonds. The van der Waals surface area contributed by atoms with Gasteiger partial charge in [-0.2, -0.15) is 0 Å². The van der Waals surface area contributed by atoms with E-state index in [9.17, 15) is 5.11 Å². The van der Waals surface area contributed by atoms with Gasteiger partial charge in [-0.15, -0.1) is 0 Å². The maximum atomic E-state index is 9.96. The molecule has 0 radical (unpaired) electrons. The molecule has 0 aromatic carbocycles. The Morgan fingerprint density at radius 3 is 2.71 bits per heavy atom. The number of likely N-dealkylation sites (tertiary alicyclic amines) is 1. The molecule has 102 valence electrons. The topological polar surface area (TPSA) is 35.5 Å². The van der Waals surface area contributed by atoms with E-state index in [4.69, 9.17) is 0 Å². The monoisotopic (exact) mass is 242 g/mol. The van der Waals surface area contributed by atoms with E-state index < -0.39 is 0 Å². The van der Waals surface area contributed by atoms with Crippen LogP contribution in [0.5, 0.6) is 0 Å². The van der Waals surface area contributed by atoms with Crippen LogP contribution in [0.25, 0.3) is 0 Å². The highest BCUT2D eigenvalue weighted by atomic mass is 16.3. The summed E-state index contributed by atoms with van der Waals surface area (Å²) in [5, 5.41) is 13.3. The number of hydrogen-bond donors (Lipinski definition) is 2. The standard InChI is InChI=1S/C14H30N2O/c1-4-13-6-5-8-16(9-7-13)11-14(17)10-15-12(2)3/h12-15,17H,4-11H2,1-3H3. The van der Waals surface area contributed by atoms with Gasteiger partial charge >= 0.3 is 0 Å². The van der Waals surface area contributed by atoms with Crippen molar-refractivity contribution in [3.63, 3.8) is 0 Å². The lowest BCUT2D eigenvalue weighted by Gasteiger charge is -2.24. The summed E-state index contributed by atoms with van der Waals surface area (Å²) >= 11 is 0. The largest absolute Gasteiger partial charge is 0.390 e. The van der Waals surface area contributed by atoms with E-state index in [1.54, 1.807) is 0 Å². The summed E-state index contributed by atoms with van der Waals surface area (Å²) in [7, 11) is 0. The van der Waals surface area contributed by atoms with Gasteiger partial charge in [-0.1, -0.05) is 27.2 Å². The number of aliphatic hydroxyl groups is 1. The predicted octanol–water partition coefficient (Wildman–Crippen LogP) is 1.86. The summed E-state index contributed by atoms with van der Waals surface area (Å²) in [6, 6.07) is 0.457. The minimum Gasteiger partial charge on any atom is -0.390 e. The van der Waals surface area contributed by atoms with Crippen molar-refractivity contribution in [3.05, 3.63) is 0 Å². The Morgan fingerprint density at radius 1 is 1.29 bits per heavy atom.